The normalized spacial score (nSPS) is 11.2. The average Bonchev–Trinajstić information content (AvgIpc) is 2.60. The van der Waals surface area contributed by atoms with Gasteiger partial charge >= 0.3 is 6.09 Å². The Hall–Kier alpha value is -3.28. The summed E-state index contributed by atoms with van der Waals surface area (Å²) in [6, 6.07) is 15.4. The lowest BCUT2D eigenvalue weighted by atomic mass is 10.1. The van der Waals surface area contributed by atoms with Gasteiger partial charge in [-0.05, 0) is 44.5 Å². The summed E-state index contributed by atoms with van der Waals surface area (Å²) in [5.74, 6) is 0. The Labute approximate surface area is 158 Å². The van der Waals surface area contributed by atoms with E-state index in [1.165, 1.54) is 0 Å². The number of benzene rings is 2. The molecule has 0 atom stereocenters. The number of nitrogens with two attached hydrogens (primary N) is 1. The lowest BCUT2D eigenvalue weighted by molar-refractivity contribution is 0.0636. The summed E-state index contributed by atoms with van der Waals surface area (Å²) in [6.07, 6.45) is 1.20. The lowest BCUT2D eigenvalue weighted by Crippen LogP contribution is -2.27. The van der Waals surface area contributed by atoms with Gasteiger partial charge in [-0.25, -0.2) is 4.79 Å². The Bertz CT molecular complexity index is 947. The van der Waals surface area contributed by atoms with E-state index in [0.29, 0.717) is 17.9 Å². The van der Waals surface area contributed by atoms with Crippen molar-refractivity contribution >= 4 is 34.1 Å². The number of nitrogens with one attached hydrogen (secondary N) is 2. The van der Waals surface area contributed by atoms with Crippen molar-refractivity contribution < 1.29 is 9.53 Å². The standard InChI is InChI=1S/C21H24N4O2/c1-21(2,3)27-20(26)25-15-10-8-14(9-11-15)12-24-19-16-6-4-5-7-18(16)23-13-17(19)22/h4-11,13H,12,22H2,1-3H3,(H,23,24)(H,25,26). The van der Waals surface area contributed by atoms with E-state index in [-0.39, 0.29) is 0 Å². The van der Waals surface area contributed by atoms with Crippen LogP contribution in [0.5, 0.6) is 0 Å². The second-order valence-corrected chi connectivity index (χ2v) is 7.28. The molecule has 0 saturated carbocycles. The van der Waals surface area contributed by atoms with Crippen molar-refractivity contribution in [1.29, 1.82) is 0 Å². The maximum Gasteiger partial charge on any atom is 0.412 e. The highest BCUT2D eigenvalue weighted by atomic mass is 16.6. The van der Waals surface area contributed by atoms with Gasteiger partial charge in [0.2, 0.25) is 0 Å². The van der Waals surface area contributed by atoms with E-state index in [0.717, 1.165) is 22.2 Å². The van der Waals surface area contributed by atoms with Crippen molar-refractivity contribution in [1.82, 2.24) is 4.98 Å². The number of carbonyl (C=O) groups is 1. The largest absolute Gasteiger partial charge is 0.444 e. The molecule has 4 N–H and O–H groups in total. The number of hydrogen-bond donors (Lipinski definition) is 3. The first-order valence-corrected chi connectivity index (χ1v) is 8.78. The quantitative estimate of drug-likeness (QED) is 0.620. The first kappa shape index (κ1) is 18.5. The van der Waals surface area contributed by atoms with E-state index >= 15 is 0 Å². The highest BCUT2D eigenvalue weighted by Gasteiger charge is 2.16. The van der Waals surface area contributed by atoms with Crippen LogP contribution in [0.4, 0.5) is 21.9 Å². The van der Waals surface area contributed by atoms with Crippen LogP contribution in [-0.4, -0.2) is 16.7 Å². The molecule has 0 aliphatic heterocycles. The van der Waals surface area contributed by atoms with Crippen LogP contribution in [0, 0.1) is 0 Å². The van der Waals surface area contributed by atoms with E-state index in [9.17, 15) is 4.79 Å². The van der Waals surface area contributed by atoms with E-state index in [1.807, 2.05) is 69.3 Å². The second-order valence-electron chi connectivity index (χ2n) is 7.28. The number of fused-ring (bicyclic) bond motifs is 1. The van der Waals surface area contributed by atoms with Gasteiger partial charge in [-0.1, -0.05) is 30.3 Å². The van der Waals surface area contributed by atoms with Crippen molar-refractivity contribution in [3.63, 3.8) is 0 Å². The van der Waals surface area contributed by atoms with Crippen LogP contribution >= 0.6 is 0 Å². The molecule has 2 aromatic carbocycles. The Morgan fingerprint density at radius 2 is 1.81 bits per heavy atom. The fraction of sp³-hybridized carbons (Fsp3) is 0.238. The number of nitrogens with zero attached hydrogens (tertiary/aromatic N) is 1. The Kier molecular flexibility index (Phi) is 5.16. The van der Waals surface area contributed by atoms with Crippen molar-refractivity contribution in [3.05, 3.63) is 60.3 Å². The molecule has 0 radical (unpaired) electrons. The first-order valence-electron chi connectivity index (χ1n) is 8.78. The van der Waals surface area contributed by atoms with Gasteiger partial charge in [0, 0.05) is 17.6 Å². The molecular weight excluding hydrogens is 340 g/mol. The number of ether oxygens (including phenoxy) is 1. The minimum Gasteiger partial charge on any atom is -0.444 e. The SMILES string of the molecule is CC(C)(C)OC(=O)Nc1ccc(CNc2c(N)cnc3ccccc23)cc1. The zero-order valence-corrected chi connectivity index (χ0v) is 15.7. The fourth-order valence-electron chi connectivity index (χ4n) is 2.67. The molecule has 1 amide bonds. The molecule has 0 spiro atoms. The van der Waals surface area contributed by atoms with Crippen LogP contribution in [0.25, 0.3) is 10.9 Å². The highest BCUT2D eigenvalue weighted by molar-refractivity contribution is 5.96. The summed E-state index contributed by atoms with van der Waals surface area (Å²) in [4.78, 5) is 16.2. The third kappa shape index (κ3) is 4.88. The van der Waals surface area contributed by atoms with Gasteiger partial charge < -0.3 is 15.8 Å². The summed E-state index contributed by atoms with van der Waals surface area (Å²) in [6.45, 7) is 6.09. The van der Waals surface area contributed by atoms with Gasteiger partial charge in [0.15, 0.2) is 0 Å². The molecule has 0 fully saturated rings. The number of aromatic nitrogens is 1. The predicted octanol–water partition coefficient (Wildman–Crippen LogP) is 4.78. The Morgan fingerprint density at radius 1 is 1.11 bits per heavy atom. The third-order valence-electron chi connectivity index (χ3n) is 3.87. The van der Waals surface area contributed by atoms with Gasteiger partial charge in [-0.3, -0.25) is 10.3 Å². The maximum atomic E-state index is 11.8. The van der Waals surface area contributed by atoms with Crippen molar-refractivity contribution in [2.45, 2.75) is 32.9 Å². The predicted molar refractivity (Wildman–Crippen MR) is 110 cm³/mol. The number of hydrogen-bond acceptors (Lipinski definition) is 5. The molecule has 140 valence electrons. The topological polar surface area (TPSA) is 89.3 Å². The summed E-state index contributed by atoms with van der Waals surface area (Å²) in [7, 11) is 0. The molecule has 0 aliphatic carbocycles. The molecule has 0 aliphatic rings. The van der Waals surface area contributed by atoms with Crippen molar-refractivity contribution in [3.8, 4) is 0 Å². The molecule has 1 heterocycles. The Balaban J connectivity index is 1.66. The smallest absolute Gasteiger partial charge is 0.412 e. The number of pyridine rings is 1. The number of amides is 1. The third-order valence-corrected chi connectivity index (χ3v) is 3.87. The van der Waals surface area contributed by atoms with Crippen LogP contribution < -0.4 is 16.4 Å². The molecule has 3 rings (SSSR count). The van der Waals surface area contributed by atoms with Crippen molar-refractivity contribution in [2.24, 2.45) is 0 Å². The minimum atomic E-state index is -0.527. The zero-order valence-electron chi connectivity index (χ0n) is 15.7. The molecule has 27 heavy (non-hydrogen) atoms. The number of para-hydroxylation sites is 1. The van der Waals surface area contributed by atoms with E-state index in [1.54, 1.807) is 6.20 Å². The summed E-state index contributed by atoms with van der Waals surface area (Å²) >= 11 is 0. The van der Waals surface area contributed by atoms with Crippen LogP contribution in [0.1, 0.15) is 26.3 Å². The van der Waals surface area contributed by atoms with Gasteiger partial charge in [0.25, 0.3) is 0 Å². The Morgan fingerprint density at radius 3 is 2.52 bits per heavy atom. The average molecular weight is 364 g/mol. The van der Waals surface area contributed by atoms with Gasteiger partial charge in [0.1, 0.15) is 5.60 Å². The monoisotopic (exact) mass is 364 g/mol. The molecule has 1 aromatic heterocycles. The maximum absolute atomic E-state index is 11.8. The molecule has 6 heteroatoms. The van der Waals surface area contributed by atoms with E-state index < -0.39 is 11.7 Å². The van der Waals surface area contributed by atoms with Crippen molar-refractivity contribution in [2.75, 3.05) is 16.4 Å². The molecular formula is C21H24N4O2. The molecule has 0 bridgehead atoms. The minimum absolute atomic E-state index is 0.468. The number of rotatable bonds is 4. The molecule has 0 unspecified atom stereocenters. The van der Waals surface area contributed by atoms with Crippen LogP contribution in [0.15, 0.2) is 54.7 Å². The lowest BCUT2D eigenvalue weighted by Gasteiger charge is -2.19. The fourth-order valence-corrected chi connectivity index (χ4v) is 2.67. The summed E-state index contributed by atoms with van der Waals surface area (Å²) < 4.78 is 5.25. The van der Waals surface area contributed by atoms with Gasteiger partial charge in [-0.2, -0.15) is 0 Å². The molecule has 0 saturated heterocycles. The number of carbonyl (C=O) groups excluding carboxylic acids is 1. The summed E-state index contributed by atoms with van der Waals surface area (Å²) in [5, 5.41) is 7.10. The highest BCUT2D eigenvalue weighted by Crippen LogP contribution is 2.28. The summed E-state index contributed by atoms with van der Waals surface area (Å²) in [5.41, 5.74) is 9.68. The van der Waals surface area contributed by atoms with E-state index in [4.69, 9.17) is 10.5 Å². The van der Waals surface area contributed by atoms with Crippen LogP contribution in [0.3, 0.4) is 0 Å². The zero-order chi connectivity index (χ0) is 19.4. The molecule has 6 nitrogen and oxygen atoms in total. The number of anilines is 3. The van der Waals surface area contributed by atoms with E-state index in [2.05, 4.69) is 15.6 Å². The first-order chi connectivity index (χ1) is 12.8. The van der Waals surface area contributed by atoms with Gasteiger partial charge in [-0.15, -0.1) is 0 Å². The number of nitrogen functional groups attached to an aromatic ring is 1. The van der Waals surface area contributed by atoms with Crippen LogP contribution in [-0.2, 0) is 11.3 Å². The van der Waals surface area contributed by atoms with Crippen LogP contribution in [0.2, 0.25) is 0 Å². The van der Waals surface area contributed by atoms with Gasteiger partial charge in [0.05, 0.1) is 23.1 Å². The molecule has 3 aromatic rings. The second kappa shape index (κ2) is 7.53.